The number of hydrogen-bond acceptors (Lipinski definition) is 3. The summed E-state index contributed by atoms with van der Waals surface area (Å²) in [5, 5.41) is 4.19. The van der Waals surface area contributed by atoms with E-state index in [2.05, 4.69) is 78.6 Å². The smallest absolute Gasteiger partial charge is 0.173 e. The normalized spacial score (nSPS) is 12.0. The largest absolute Gasteiger partial charge is 0.342 e. The van der Waals surface area contributed by atoms with Gasteiger partial charge in [-0.1, -0.05) is 19.9 Å². The van der Waals surface area contributed by atoms with E-state index in [1.54, 1.807) is 11.8 Å². The maximum atomic E-state index is 5.76. The zero-order valence-electron chi connectivity index (χ0n) is 15.4. The van der Waals surface area contributed by atoms with Crippen molar-refractivity contribution in [2.75, 3.05) is 18.1 Å². The van der Waals surface area contributed by atoms with Crippen LogP contribution in [0.1, 0.15) is 38.8 Å². The number of aromatic nitrogens is 1. The van der Waals surface area contributed by atoms with Gasteiger partial charge in [-0.2, -0.15) is 0 Å². The second kappa shape index (κ2) is 9.78. The van der Waals surface area contributed by atoms with Crippen molar-refractivity contribution < 1.29 is 0 Å². The van der Waals surface area contributed by atoms with Crippen LogP contribution in [0.25, 0.3) is 0 Å². The highest BCUT2D eigenvalue weighted by Gasteiger charge is 2.19. The lowest BCUT2D eigenvalue weighted by molar-refractivity contribution is 0.318. The van der Waals surface area contributed by atoms with Gasteiger partial charge in [-0.15, -0.1) is 11.8 Å². The highest BCUT2D eigenvalue weighted by Crippen LogP contribution is 2.24. The Morgan fingerprint density at radius 3 is 2.56 bits per heavy atom. The van der Waals surface area contributed by atoms with E-state index in [-0.39, 0.29) is 6.04 Å². The van der Waals surface area contributed by atoms with Crippen molar-refractivity contribution in [2.45, 2.75) is 38.1 Å². The predicted octanol–water partition coefficient (Wildman–Crippen LogP) is 5.61. The number of hydrogen-bond donors (Lipinski definition) is 1. The Bertz CT molecular complexity index is 674. The molecule has 0 bridgehead atoms. The maximum absolute atomic E-state index is 5.76. The van der Waals surface area contributed by atoms with Crippen LogP contribution >= 0.6 is 24.0 Å². The molecule has 1 aromatic carbocycles. The van der Waals surface area contributed by atoms with E-state index in [4.69, 9.17) is 12.2 Å². The number of pyridine rings is 1. The minimum Gasteiger partial charge on any atom is -0.342 e. The van der Waals surface area contributed by atoms with Gasteiger partial charge in [0.15, 0.2) is 5.11 Å². The molecule has 1 N–H and O–H groups in total. The molecule has 0 unspecified atom stereocenters. The highest BCUT2D eigenvalue weighted by molar-refractivity contribution is 7.98. The first kappa shape index (κ1) is 19.7. The van der Waals surface area contributed by atoms with Crippen LogP contribution in [0.15, 0.2) is 53.7 Å². The Balaban J connectivity index is 2.17. The minimum atomic E-state index is 0.200. The third-order valence-corrected chi connectivity index (χ3v) is 5.25. The summed E-state index contributed by atoms with van der Waals surface area (Å²) in [5.41, 5.74) is 2.26. The molecular weight excluding hydrogens is 346 g/mol. The van der Waals surface area contributed by atoms with E-state index in [1.807, 2.05) is 12.4 Å². The minimum absolute atomic E-state index is 0.200. The van der Waals surface area contributed by atoms with Gasteiger partial charge >= 0.3 is 0 Å². The molecule has 2 rings (SSSR count). The van der Waals surface area contributed by atoms with Crippen molar-refractivity contribution in [3.05, 3.63) is 54.4 Å². The lowest BCUT2D eigenvalue weighted by Gasteiger charge is -2.33. The molecule has 3 nitrogen and oxygen atoms in total. The average molecular weight is 374 g/mol. The van der Waals surface area contributed by atoms with Gasteiger partial charge in [0.25, 0.3) is 0 Å². The van der Waals surface area contributed by atoms with Crippen LogP contribution in [-0.2, 0) is 0 Å². The summed E-state index contributed by atoms with van der Waals surface area (Å²) < 4.78 is 0. The van der Waals surface area contributed by atoms with Crippen LogP contribution in [0.3, 0.4) is 0 Å². The molecule has 0 saturated carbocycles. The number of benzene rings is 1. The van der Waals surface area contributed by atoms with Crippen LogP contribution in [-0.4, -0.2) is 27.8 Å². The molecule has 0 aliphatic rings. The van der Waals surface area contributed by atoms with Crippen molar-refractivity contribution in [3.63, 3.8) is 0 Å². The first-order valence-electron chi connectivity index (χ1n) is 8.63. The fraction of sp³-hybridized carbons (Fsp3) is 0.400. The molecule has 1 atom stereocenters. The monoisotopic (exact) mass is 373 g/mol. The van der Waals surface area contributed by atoms with Gasteiger partial charge in [-0.05, 0) is 73.6 Å². The summed E-state index contributed by atoms with van der Waals surface area (Å²) in [7, 11) is 0. The number of thiocarbonyl (C=S) groups is 1. The number of nitrogens with one attached hydrogen (secondary N) is 1. The molecule has 0 spiro atoms. The van der Waals surface area contributed by atoms with Crippen molar-refractivity contribution in [1.82, 2.24) is 9.88 Å². The fourth-order valence-corrected chi connectivity index (χ4v) is 3.41. The van der Waals surface area contributed by atoms with Crippen LogP contribution < -0.4 is 5.32 Å². The third kappa shape index (κ3) is 6.01. The summed E-state index contributed by atoms with van der Waals surface area (Å²) >= 11 is 7.49. The summed E-state index contributed by atoms with van der Waals surface area (Å²) in [5.74, 6) is 0.634. The van der Waals surface area contributed by atoms with Gasteiger partial charge in [0.1, 0.15) is 0 Å². The van der Waals surface area contributed by atoms with Crippen molar-refractivity contribution >= 4 is 34.8 Å². The molecule has 0 saturated heterocycles. The zero-order valence-corrected chi connectivity index (χ0v) is 17.0. The summed E-state index contributed by atoms with van der Waals surface area (Å²) in [4.78, 5) is 7.62. The summed E-state index contributed by atoms with van der Waals surface area (Å²) in [6.07, 6.45) is 6.86. The van der Waals surface area contributed by atoms with Crippen LogP contribution in [0.5, 0.6) is 0 Å². The second-order valence-corrected chi connectivity index (χ2v) is 7.76. The molecule has 0 radical (unpaired) electrons. The van der Waals surface area contributed by atoms with E-state index >= 15 is 0 Å². The van der Waals surface area contributed by atoms with Crippen molar-refractivity contribution in [1.29, 1.82) is 0 Å². The zero-order chi connectivity index (χ0) is 18.2. The molecule has 1 aromatic heterocycles. The van der Waals surface area contributed by atoms with Crippen LogP contribution in [0.2, 0.25) is 0 Å². The molecular formula is C20H27N3S2. The second-order valence-electron chi connectivity index (χ2n) is 6.49. The fourth-order valence-electron chi connectivity index (χ4n) is 2.59. The van der Waals surface area contributed by atoms with Crippen molar-refractivity contribution in [3.8, 4) is 0 Å². The Kier molecular flexibility index (Phi) is 7.72. The quantitative estimate of drug-likeness (QED) is 0.503. The van der Waals surface area contributed by atoms with Crippen molar-refractivity contribution in [2.24, 2.45) is 5.92 Å². The van der Waals surface area contributed by atoms with Gasteiger partial charge < -0.3 is 10.2 Å². The topological polar surface area (TPSA) is 28.2 Å². The number of rotatable bonds is 7. The van der Waals surface area contributed by atoms with Gasteiger partial charge in [0, 0.05) is 29.5 Å². The Hall–Kier alpha value is -1.59. The van der Waals surface area contributed by atoms with E-state index in [1.165, 1.54) is 10.5 Å². The maximum Gasteiger partial charge on any atom is 0.173 e. The molecule has 134 valence electrons. The van der Waals surface area contributed by atoms with Crippen LogP contribution in [0, 0.1) is 5.92 Å². The van der Waals surface area contributed by atoms with Crippen LogP contribution in [0.4, 0.5) is 5.69 Å². The molecule has 5 heteroatoms. The Labute approximate surface area is 161 Å². The predicted molar refractivity (Wildman–Crippen MR) is 113 cm³/mol. The lowest BCUT2D eigenvalue weighted by atomic mass is 10.1. The van der Waals surface area contributed by atoms with E-state index < -0.39 is 0 Å². The molecule has 0 aliphatic heterocycles. The van der Waals surface area contributed by atoms with E-state index in [0.29, 0.717) is 5.92 Å². The molecule has 25 heavy (non-hydrogen) atoms. The average Bonchev–Trinajstić information content (AvgIpc) is 2.62. The van der Waals surface area contributed by atoms with Gasteiger partial charge in [0.2, 0.25) is 0 Å². The van der Waals surface area contributed by atoms with E-state index in [0.717, 1.165) is 23.8 Å². The first-order chi connectivity index (χ1) is 12.0. The van der Waals surface area contributed by atoms with E-state index in [9.17, 15) is 0 Å². The Morgan fingerprint density at radius 2 is 1.92 bits per heavy atom. The molecule has 0 fully saturated rings. The number of anilines is 1. The lowest BCUT2D eigenvalue weighted by Crippen LogP contribution is -2.38. The SMILES string of the molecule is CSc1cccc(NC(=S)N(CCC(C)C)[C@@H](C)c2ccncc2)c1. The highest BCUT2D eigenvalue weighted by atomic mass is 32.2. The first-order valence-corrected chi connectivity index (χ1v) is 10.3. The molecule has 1 heterocycles. The molecule has 2 aromatic rings. The Morgan fingerprint density at radius 1 is 1.20 bits per heavy atom. The third-order valence-electron chi connectivity index (χ3n) is 4.19. The summed E-state index contributed by atoms with van der Waals surface area (Å²) in [6.45, 7) is 7.61. The summed E-state index contributed by atoms with van der Waals surface area (Å²) in [6, 6.07) is 12.7. The van der Waals surface area contributed by atoms with Gasteiger partial charge in [-0.25, -0.2) is 0 Å². The number of nitrogens with zero attached hydrogens (tertiary/aromatic N) is 2. The van der Waals surface area contributed by atoms with Gasteiger partial charge in [-0.3, -0.25) is 4.98 Å². The molecule has 0 aliphatic carbocycles. The standard InChI is InChI=1S/C20H27N3S2/c1-15(2)10-13-23(16(3)17-8-11-21-12-9-17)20(24)22-18-6-5-7-19(14-18)25-4/h5-9,11-12,14-16H,10,13H2,1-4H3,(H,22,24)/t16-/m0/s1. The van der Waals surface area contributed by atoms with Gasteiger partial charge in [0.05, 0.1) is 6.04 Å². The molecule has 0 amide bonds. The number of thioether (sulfide) groups is 1.